The summed E-state index contributed by atoms with van der Waals surface area (Å²) in [5.41, 5.74) is 6.65. The van der Waals surface area contributed by atoms with Crippen molar-refractivity contribution in [2.75, 3.05) is 5.73 Å². The summed E-state index contributed by atoms with van der Waals surface area (Å²) in [7, 11) is 0. The zero-order valence-corrected chi connectivity index (χ0v) is 11.8. The van der Waals surface area contributed by atoms with Gasteiger partial charge in [-0.2, -0.15) is 0 Å². The van der Waals surface area contributed by atoms with Crippen LogP contribution in [-0.4, -0.2) is 20.2 Å². The molecule has 0 saturated heterocycles. The third kappa shape index (κ3) is 2.28. The summed E-state index contributed by atoms with van der Waals surface area (Å²) in [4.78, 5) is 0. The summed E-state index contributed by atoms with van der Waals surface area (Å²) in [6, 6.07) is 3.31. The Bertz CT molecular complexity index is 586. The van der Waals surface area contributed by atoms with Gasteiger partial charge >= 0.3 is 0 Å². The Hall–Kier alpha value is -1.33. The Balaban J connectivity index is 2.67. The van der Waals surface area contributed by atoms with Crippen LogP contribution in [0.2, 0.25) is 10.0 Å². The fraction of sp³-hybridized carbons (Fsp3) is 0.364. The molecule has 2 N–H and O–H groups in total. The van der Waals surface area contributed by atoms with Crippen molar-refractivity contribution in [3.05, 3.63) is 22.2 Å². The van der Waals surface area contributed by atoms with Crippen LogP contribution in [0, 0.1) is 0 Å². The Morgan fingerprint density at radius 1 is 1.22 bits per heavy atom. The molecule has 1 aromatic heterocycles. The van der Waals surface area contributed by atoms with Crippen molar-refractivity contribution in [2.24, 2.45) is 0 Å². The highest BCUT2D eigenvalue weighted by atomic mass is 35.5. The first kappa shape index (κ1) is 13.1. The number of hydrogen-bond donors (Lipinski definition) is 1. The molecule has 96 valence electrons. The first-order valence-corrected chi connectivity index (χ1v) is 6.10. The predicted octanol–water partition coefficient (Wildman–Crippen LogP) is 2.98. The molecule has 0 saturated carbocycles. The molecule has 18 heavy (non-hydrogen) atoms. The van der Waals surface area contributed by atoms with Gasteiger partial charge in [-0.1, -0.05) is 23.2 Å². The fourth-order valence-corrected chi connectivity index (χ4v) is 2.00. The molecule has 0 spiro atoms. The molecule has 1 aromatic carbocycles. The largest absolute Gasteiger partial charge is 0.399 e. The van der Waals surface area contributed by atoms with Gasteiger partial charge in [0.1, 0.15) is 0 Å². The molecule has 5 nitrogen and oxygen atoms in total. The van der Waals surface area contributed by atoms with Crippen LogP contribution in [0.15, 0.2) is 12.1 Å². The van der Waals surface area contributed by atoms with Gasteiger partial charge in [-0.25, -0.2) is 4.68 Å². The van der Waals surface area contributed by atoms with E-state index in [-0.39, 0.29) is 5.54 Å². The van der Waals surface area contributed by atoms with Gasteiger partial charge in [-0.15, -0.1) is 5.10 Å². The first-order valence-electron chi connectivity index (χ1n) is 5.34. The summed E-state index contributed by atoms with van der Waals surface area (Å²) in [6.07, 6.45) is 0. The molecule has 0 aliphatic rings. The van der Waals surface area contributed by atoms with Gasteiger partial charge in [0.25, 0.3) is 0 Å². The number of benzene rings is 1. The van der Waals surface area contributed by atoms with Crippen molar-refractivity contribution in [1.82, 2.24) is 20.2 Å². The number of aromatic nitrogens is 4. The lowest BCUT2D eigenvalue weighted by Gasteiger charge is -2.20. The minimum atomic E-state index is -0.265. The van der Waals surface area contributed by atoms with Crippen LogP contribution in [0.5, 0.6) is 0 Å². The van der Waals surface area contributed by atoms with Crippen molar-refractivity contribution in [3.63, 3.8) is 0 Å². The average Bonchev–Trinajstić information content (AvgIpc) is 2.71. The maximum absolute atomic E-state index is 6.18. The van der Waals surface area contributed by atoms with E-state index >= 15 is 0 Å². The first-order chi connectivity index (χ1) is 8.30. The lowest BCUT2D eigenvalue weighted by atomic mass is 10.1. The van der Waals surface area contributed by atoms with E-state index in [9.17, 15) is 0 Å². The minimum Gasteiger partial charge on any atom is -0.399 e. The minimum absolute atomic E-state index is 0.265. The summed E-state index contributed by atoms with van der Waals surface area (Å²) >= 11 is 12.2. The highest BCUT2D eigenvalue weighted by Gasteiger charge is 2.23. The van der Waals surface area contributed by atoms with Crippen molar-refractivity contribution >= 4 is 28.9 Å². The van der Waals surface area contributed by atoms with E-state index in [1.165, 1.54) is 0 Å². The van der Waals surface area contributed by atoms with Crippen molar-refractivity contribution < 1.29 is 0 Å². The number of tetrazole rings is 1. The topological polar surface area (TPSA) is 69.6 Å². The number of rotatable bonds is 1. The molecule has 0 aliphatic carbocycles. The predicted molar refractivity (Wildman–Crippen MR) is 72.7 cm³/mol. The summed E-state index contributed by atoms with van der Waals surface area (Å²) in [5, 5.41) is 12.4. The van der Waals surface area contributed by atoms with E-state index in [1.807, 2.05) is 20.8 Å². The molecule has 0 fully saturated rings. The van der Waals surface area contributed by atoms with Gasteiger partial charge in [-0.05, 0) is 43.3 Å². The molecule has 2 rings (SSSR count). The molecule has 0 aliphatic heterocycles. The van der Waals surface area contributed by atoms with E-state index in [1.54, 1.807) is 16.8 Å². The molecule has 0 unspecified atom stereocenters. The second-order valence-electron chi connectivity index (χ2n) is 4.95. The maximum atomic E-state index is 6.18. The van der Waals surface area contributed by atoms with Crippen LogP contribution >= 0.6 is 23.2 Å². The van der Waals surface area contributed by atoms with Crippen LogP contribution in [0.1, 0.15) is 20.8 Å². The third-order valence-corrected chi connectivity index (χ3v) is 3.20. The molecule has 2 aromatic rings. The van der Waals surface area contributed by atoms with Crippen LogP contribution in [0.4, 0.5) is 5.69 Å². The quantitative estimate of drug-likeness (QED) is 0.818. The number of nitrogens with two attached hydrogens (primary N) is 1. The average molecular weight is 286 g/mol. The van der Waals surface area contributed by atoms with Crippen LogP contribution < -0.4 is 5.73 Å². The highest BCUT2D eigenvalue weighted by Crippen LogP contribution is 2.35. The number of nitrogens with zero attached hydrogens (tertiary/aromatic N) is 4. The Labute approximate surface area is 115 Å². The Kier molecular flexibility index (Phi) is 3.21. The van der Waals surface area contributed by atoms with Crippen molar-refractivity contribution in [3.8, 4) is 11.4 Å². The lowest BCUT2D eigenvalue weighted by Crippen LogP contribution is -2.24. The van der Waals surface area contributed by atoms with Gasteiger partial charge in [0.15, 0.2) is 5.82 Å². The smallest absolute Gasteiger partial charge is 0.184 e. The molecule has 1 heterocycles. The van der Waals surface area contributed by atoms with Gasteiger partial charge < -0.3 is 5.73 Å². The SMILES string of the molecule is CC(C)(C)n1nnnc1-c1cc(N)cc(Cl)c1Cl. The number of hydrogen-bond acceptors (Lipinski definition) is 4. The molecular formula is C11H13Cl2N5. The van der Waals surface area contributed by atoms with Crippen molar-refractivity contribution in [2.45, 2.75) is 26.3 Å². The Morgan fingerprint density at radius 2 is 1.89 bits per heavy atom. The fourth-order valence-electron chi connectivity index (χ4n) is 1.58. The van der Waals surface area contributed by atoms with E-state index in [0.29, 0.717) is 27.1 Å². The van der Waals surface area contributed by atoms with E-state index in [0.717, 1.165) is 0 Å². The van der Waals surface area contributed by atoms with E-state index in [4.69, 9.17) is 28.9 Å². The molecule has 7 heteroatoms. The molecule has 0 amide bonds. The Morgan fingerprint density at radius 3 is 2.50 bits per heavy atom. The van der Waals surface area contributed by atoms with E-state index in [2.05, 4.69) is 15.5 Å². The van der Waals surface area contributed by atoms with Gasteiger partial charge in [0.2, 0.25) is 0 Å². The van der Waals surface area contributed by atoms with Crippen LogP contribution in [0.3, 0.4) is 0 Å². The highest BCUT2D eigenvalue weighted by molar-refractivity contribution is 6.43. The van der Waals surface area contributed by atoms with Gasteiger partial charge in [0.05, 0.1) is 15.6 Å². The van der Waals surface area contributed by atoms with Gasteiger partial charge in [0, 0.05) is 11.3 Å². The monoisotopic (exact) mass is 285 g/mol. The molecule has 0 bridgehead atoms. The van der Waals surface area contributed by atoms with Crippen molar-refractivity contribution in [1.29, 1.82) is 0 Å². The van der Waals surface area contributed by atoms with E-state index < -0.39 is 0 Å². The molecular weight excluding hydrogens is 273 g/mol. The zero-order valence-electron chi connectivity index (χ0n) is 10.3. The molecule has 0 atom stereocenters. The second kappa shape index (κ2) is 4.40. The van der Waals surface area contributed by atoms with Crippen LogP contribution in [0.25, 0.3) is 11.4 Å². The molecule has 0 radical (unpaired) electrons. The van der Waals surface area contributed by atoms with Crippen LogP contribution in [-0.2, 0) is 5.54 Å². The van der Waals surface area contributed by atoms with Gasteiger partial charge in [-0.3, -0.25) is 0 Å². The second-order valence-corrected chi connectivity index (χ2v) is 5.73. The summed E-state index contributed by atoms with van der Waals surface area (Å²) in [6.45, 7) is 5.98. The zero-order chi connectivity index (χ0) is 13.5. The number of anilines is 1. The normalized spacial score (nSPS) is 11.8. The maximum Gasteiger partial charge on any atom is 0.184 e. The lowest BCUT2D eigenvalue weighted by molar-refractivity contribution is 0.351. The summed E-state index contributed by atoms with van der Waals surface area (Å²) < 4.78 is 1.68. The third-order valence-electron chi connectivity index (χ3n) is 2.40. The number of halogens is 2. The standard InChI is InChI=1S/C11H13Cl2N5/c1-11(2,3)18-10(15-16-17-18)7-4-6(14)5-8(12)9(7)13/h4-5H,14H2,1-3H3. The summed E-state index contributed by atoms with van der Waals surface area (Å²) in [5.74, 6) is 0.543. The number of nitrogen functional groups attached to an aromatic ring is 1.